The lowest BCUT2D eigenvalue weighted by atomic mass is 10.1. The lowest BCUT2D eigenvalue weighted by Gasteiger charge is -2.19. The number of anilines is 2. The van der Waals surface area contributed by atoms with Crippen molar-refractivity contribution >= 4 is 27.3 Å². The van der Waals surface area contributed by atoms with E-state index >= 15 is 0 Å². The summed E-state index contributed by atoms with van der Waals surface area (Å²) in [5.41, 5.74) is 1.38. The van der Waals surface area contributed by atoms with E-state index in [9.17, 15) is 13.2 Å². The van der Waals surface area contributed by atoms with E-state index in [4.69, 9.17) is 9.47 Å². The minimum Gasteiger partial charge on any atom is -0.486 e. The summed E-state index contributed by atoms with van der Waals surface area (Å²) in [5, 5.41) is 2.75. The summed E-state index contributed by atoms with van der Waals surface area (Å²) in [4.78, 5) is 12.4. The fourth-order valence-corrected chi connectivity index (χ4v) is 2.86. The second-order valence-corrected chi connectivity index (χ2v) is 7.61. The Kier molecular flexibility index (Phi) is 4.54. The summed E-state index contributed by atoms with van der Waals surface area (Å²) < 4.78 is 35.3. The van der Waals surface area contributed by atoms with Crippen molar-refractivity contribution in [1.82, 2.24) is 0 Å². The minimum absolute atomic E-state index is 0.323. The number of fused-ring (bicyclic) bond motifs is 1. The number of amides is 1. The molecule has 132 valence electrons. The molecule has 0 radical (unpaired) electrons. The molecule has 1 amide bonds. The van der Waals surface area contributed by atoms with Crippen LogP contribution in [0.4, 0.5) is 11.4 Å². The van der Waals surface area contributed by atoms with Gasteiger partial charge in [-0.15, -0.1) is 0 Å². The highest BCUT2D eigenvalue weighted by atomic mass is 32.2. The van der Waals surface area contributed by atoms with E-state index in [1.54, 1.807) is 42.5 Å². The molecule has 0 spiro atoms. The van der Waals surface area contributed by atoms with Crippen molar-refractivity contribution in [2.75, 3.05) is 36.1 Å². The monoisotopic (exact) mass is 362 g/mol. The Hall–Kier alpha value is -2.74. The first-order chi connectivity index (χ1) is 11.8. The molecule has 0 saturated heterocycles. The zero-order valence-electron chi connectivity index (χ0n) is 13.9. The third-order valence-electron chi connectivity index (χ3n) is 3.77. The summed E-state index contributed by atoms with van der Waals surface area (Å²) in [6.07, 6.45) is 1.12. The van der Waals surface area contributed by atoms with Gasteiger partial charge in [0.15, 0.2) is 11.5 Å². The van der Waals surface area contributed by atoms with Gasteiger partial charge in [-0.25, -0.2) is 8.42 Å². The molecule has 2 aromatic carbocycles. The van der Waals surface area contributed by atoms with Gasteiger partial charge in [0, 0.05) is 18.3 Å². The Morgan fingerprint density at radius 1 is 1.08 bits per heavy atom. The highest BCUT2D eigenvalue weighted by Crippen LogP contribution is 2.31. The normalized spacial score (nSPS) is 13.2. The van der Waals surface area contributed by atoms with Crippen LogP contribution in [-0.2, 0) is 10.0 Å². The number of carbonyl (C=O) groups excluding carboxylic acids is 1. The van der Waals surface area contributed by atoms with Crippen LogP contribution in [0.5, 0.6) is 11.5 Å². The predicted octanol–water partition coefficient (Wildman–Crippen LogP) is 2.11. The first kappa shape index (κ1) is 17.1. The summed E-state index contributed by atoms with van der Waals surface area (Å²) >= 11 is 0. The van der Waals surface area contributed by atoms with Crippen LogP contribution in [0.2, 0.25) is 0 Å². The Labute approximate surface area is 146 Å². The highest BCUT2D eigenvalue weighted by Gasteiger charge is 2.16. The largest absolute Gasteiger partial charge is 0.486 e. The molecule has 2 aromatic rings. The van der Waals surface area contributed by atoms with Gasteiger partial charge < -0.3 is 14.8 Å². The van der Waals surface area contributed by atoms with Crippen molar-refractivity contribution in [2.24, 2.45) is 0 Å². The zero-order chi connectivity index (χ0) is 18.0. The van der Waals surface area contributed by atoms with Crippen LogP contribution >= 0.6 is 0 Å². The van der Waals surface area contributed by atoms with Gasteiger partial charge in [-0.3, -0.25) is 9.10 Å². The molecule has 1 N–H and O–H groups in total. The number of carbonyl (C=O) groups is 1. The summed E-state index contributed by atoms with van der Waals surface area (Å²) in [6.45, 7) is 0.928. The lowest BCUT2D eigenvalue weighted by Crippen LogP contribution is -2.24. The van der Waals surface area contributed by atoms with Gasteiger partial charge in [-0.05, 0) is 36.4 Å². The van der Waals surface area contributed by atoms with Gasteiger partial charge >= 0.3 is 0 Å². The number of nitrogens with zero attached hydrogens (tertiary/aromatic N) is 1. The molecule has 0 aromatic heterocycles. The van der Waals surface area contributed by atoms with E-state index in [1.807, 2.05) is 0 Å². The van der Waals surface area contributed by atoms with E-state index < -0.39 is 10.0 Å². The first-order valence-corrected chi connectivity index (χ1v) is 9.44. The second-order valence-electron chi connectivity index (χ2n) is 5.59. The highest BCUT2D eigenvalue weighted by molar-refractivity contribution is 7.92. The molecule has 7 nitrogen and oxygen atoms in total. The Morgan fingerprint density at radius 3 is 2.52 bits per heavy atom. The van der Waals surface area contributed by atoms with E-state index in [-0.39, 0.29) is 5.91 Å². The van der Waals surface area contributed by atoms with Crippen molar-refractivity contribution in [2.45, 2.75) is 0 Å². The van der Waals surface area contributed by atoms with Crippen molar-refractivity contribution < 1.29 is 22.7 Å². The third-order valence-corrected chi connectivity index (χ3v) is 4.98. The van der Waals surface area contributed by atoms with Crippen LogP contribution in [0.15, 0.2) is 42.5 Å². The molecule has 8 heteroatoms. The van der Waals surface area contributed by atoms with Gasteiger partial charge in [0.1, 0.15) is 13.2 Å². The number of benzene rings is 2. The quantitative estimate of drug-likeness (QED) is 0.900. The molecule has 3 rings (SSSR count). The van der Waals surface area contributed by atoms with Crippen LogP contribution in [0.3, 0.4) is 0 Å². The van der Waals surface area contributed by atoms with Crippen LogP contribution in [0, 0.1) is 0 Å². The minimum atomic E-state index is -3.37. The van der Waals surface area contributed by atoms with Crippen molar-refractivity contribution in [3.63, 3.8) is 0 Å². The van der Waals surface area contributed by atoms with Gasteiger partial charge in [0.25, 0.3) is 5.91 Å². The van der Waals surface area contributed by atoms with Crippen LogP contribution < -0.4 is 19.1 Å². The second kappa shape index (κ2) is 6.64. The van der Waals surface area contributed by atoms with Crippen molar-refractivity contribution in [1.29, 1.82) is 0 Å². The van der Waals surface area contributed by atoms with Crippen LogP contribution in [0.25, 0.3) is 0 Å². The molecular formula is C17H18N2O5S. The molecule has 0 bridgehead atoms. The molecule has 1 aliphatic rings. The number of nitrogens with one attached hydrogen (secondary N) is 1. The topological polar surface area (TPSA) is 84.9 Å². The fraction of sp³-hybridized carbons (Fsp3) is 0.235. The number of sulfonamides is 1. The first-order valence-electron chi connectivity index (χ1n) is 7.59. The van der Waals surface area contributed by atoms with E-state index in [1.165, 1.54) is 7.05 Å². The number of hydrogen-bond donors (Lipinski definition) is 1. The Balaban J connectivity index is 1.79. The molecule has 0 unspecified atom stereocenters. The maximum atomic E-state index is 12.4. The molecule has 0 aliphatic carbocycles. The summed E-state index contributed by atoms with van der Waals surface area (Å²) in [7, 11) is -1.92. The molecule has 0 saturated carbocycles. The average molecular weight is 362 g/mol. The van der Waals surface area contributed by atoms with Crippen LogP contribution in [-0.4, -0.2) is 40.8 Å². The Morgan fingerprint density at radius 2 is 1.80 bits per heavy atom. The van der Waals surface area contributed by atoms with Crippen molar-refractivity contribution in [3.8, 4) is 11.5 Å². The van der Waals surface area contributed by atoms with Gasteiger partial charge in [-0.1, -0.05) is 6.07 Å². The van der Waals surface area contributed by atoms with Gasteiger partial charge in [-0.2, -0.15) is 0 Å². The van der Waals surface area contributed by atoms with Crippen molar-refractivity contribution in [3.05, 3.63) is 48.0 Å². The Bertz CT molecular complexity index is 911. The predicted molar refractivity (Wildman–Crippen MR) is 95.1 cm³/mol. The fourth-order valence-electron chi connectivity index (χ4n) is 2.36. The van der Waals surface area contributed by atoms with Gasteiger partial charge in [0.05, 0.1) is 11.9 Å². The molecule has 1 aliphatic heterocycles. The number of hydrogen-bond acceptors (Lipinski definition) is 5. The van der Waals surface area contributed by atoms with Gasteiger partial charge in [0.2, 0.25) is 10.0 Å². The number of rotatable bonds is 4. The summed E-state index contributed by atoms with van der Waals surface area (Å²) in [6, 6.07) is 11.6. The van der Waals surface area contributed by atoms with E-state index in [0.717, 1.165) is 10.6 Å². The molecule has 0 atom stereocenters. The standard InChI is InChI=1S/C17H18N2O5S/c1-19(25(2,21)22)14-5-3-4-13(11-14)18-17(20)12-6-7-15-16(10-12)24-9-8-23-15/h3-7,10-11H,8-9H2,1-2H3,(H,18,20). The molecule has 1 heterocycles. The maximum Gasteiger partial charge on any atom is 0.255 e. The summed E-state index contributed by atoms with van der Waals surface area (Å²) in [5.74, 6) is 0.820. The molecule has 0 fully saturated rings. The van der Waals surface area contributed by atoms with Crippen LogP contribution in [0.1, 0.15) is 10.4 Å². The average Bonchev–Trinajstić information content (AvgIpc) is 2.60. The van der Waals surface area contributed by atoms with E-state index in [0.29, 0.717) is 41.7 Å². The molecule has 25 heavy (non-hydrogen) atoms. The maximum absolute atomic E-state index is 12.4. The lowest BCUT2D eigenvalue weighted by molar-refractivity contribution is 0.102. The molecular weight excluding hydrogens is 344 g/mol. The third kappa shape index (κ3) is 3.85. The zero-order valence-corrected chi connectivity index (χ0v) is 14.7. The smallest absolute Gasteiger partial charge is 0.255 e. The SMILES string of the molecule is CN(c1cccc(NC(=O)c2ccc3c(c2)OCCO3)c1)S(C)(=O)=O. The van der Waals surface area contributed by atoms with E-state index in [2.05, 4.69) is 5.32 Å². The number of ether oxygens (including phenoxy) is 2.